The molecule has 2 aromatic rings. The number of rotatable bonds is 4. The van der Waals surface area contributed by atoms with Crippen LogP contribution in [0.5, 0.6) is 0 Å². The number of amides is 2. The van der Waals surface area contributed by atoms with Crippen molar-refractivity contribution in [1.82, 2.24) is 19.9 Å². The van der Waals surface area contributed by atoms with Crippen molar-refractivity contribution in [2.24, 2.45) is 5.73 Å². The van der Waals surface area contributed by atoms with E-state index >= 15 is 0 Å². The number of nitrogens with zero attached hydrogens (tertiary/aromatic N) is 3. The number of fused-ring (bicyclic) bond motifs is 1. The smallest absolute Gasteiger partial charge is 0.312 e. The predicted octanol–water partition coefficient (Wildman–Crippen LogP) is -0.190. The first-order valence-electron chi connectivity index (χ1n) is 4.83. The fraction of sp³-hybridized carbons (Fsp3) is 0.222. The Morgan fingerprint density at radius 3 is 3.12 bits per heavy atom. The van der Waals surface area contributed by atoms with Crippen molar-refractivity contribution in [1.29, 1.82) is 0 Å². The molecule has 2 amide bonds. The average molecular weight is 220 g/mol. The molecule has 0 saturated heterocycles. The zero-order valence-corrected chi connectivity index (χ0v) is 8.55. The quantitative estimate of drug-likeness (QED) is 0.622. The Hall–Kier alpha value is -2.31. The van der Waals surface area contributed by atoms with Gasteiger partial charge >= 0.3 is 6.03 Å². The van der Waals surface area contributed by atoms with Crippen molar-refractivity contribution in [3.05, 3.63) is 24.7 Å². The molecule has 0 atom stereocenters. The number of nitrogens with one attached hydrogen (secondary N) is 2. The second kappa shape index (κ2) is 4.47. The summed E-state index contributed by atoms with van der Waals surface area (Å²) in [7, 11) is 0. The fourth-order valence-corrected chi connectivity index (χ4v) is 1.36. The molecule has 2 heterocycles. The van der Waals surface area contributed by atoms with Crippen LogP contribution in [0, 0.1) is 0 Å². The first-order valence-corrected chi connectivity index (χ1v) is 4.83. The van der Waals surface area contributed by atoms with Crippen LogP contribution in [0.15, 0.2) is 24.7 Å². The lowest BCUT2D eigenvalue weighted by Gasteiger charge is -2.06. The van der Waals surface area contributed by atoms with E-state index in [1.54, 1.807) is 23.1 Å². The van der Waals surface area contributed by atoms with Gasteiger partial charge in [-0.05, 0) is 6.07 Å². The number of carbonyl (C=O) groups excluding carboxylic acids is 1. The highest BCUT2D eigenvalue weighted by Crippen LogP contribution is 2.11. The zero-order valence-electron chi connectivity index (χ0n) is 8.55. The summed E-state index contributed by atoms with van der Waals surface area (Å²) >= 11 is 0. The van der Waals surface area contributed by atoms with E-state index in [-0.39, 0.29) is 0 Å². The van der Waals surface area contributed by atoms with Crippen LogP contribution in [0.2, 0.25) is 0 Å². The molecule has 0 aliphatic carbocycles. The maximum Gasteiger partial charge on any atom is 0.312 e. The van der Waals surface area contributed by atoms with Crippen molar-refractivity contribution in [2.75, 3.05) is 18.4 Å². The predicted molar refractivity (Wildman–Crippen MR) is 59.1 cm³/mol. The molecule has 7 nitrogen and oxygen atoms in total. The highest BCUT2D eigenvalue weighted by Gasteiger charge is 2.01. The summed E-state index contributed by atoms with van der Waals surface area (Å²) < 4.78 is 1.72. The average Bonchev–Trinajstić information content (AvgIpc) is 2.72. The largest absolute Gasteiger partial charge is 0.367 e. The Balaban J connectivity index is 1.98. The minimum Gasteiger partial charge on any atom is -0.367 e. The second-order valence-electron chi connectivity index (χ2n) is 3.15. The summed E-state index contributed by atoms with van der Waals surface area (Å²) in [5, 5.41) is 9.65. The van der Waals surface area contributed by atoms with Gasteiger partial charge in [0, 0.05) is 25.5 Å². The van der Waals surface area contributed by atoms with Gasteiger partial charge in [-0.2, -0.15) is 5.10 Å². The maximum absolute atomic E-state index is 10.4. The van der Waals surface area contributed by atoms with Gasteiger partial charge in [-0.15, -0.1) is 0 Å². The van der Waals surface area contributed by atoms with Crippen molar-refractivity contribution in [3.8, 4) is 0 Å². The molecular formula is C9H12N6O. The number of hydrogen-bond donors (Lipinski definition) is 3. The van der Waals surface area contributed by atoms with Crippen molar-refractivity contribution in [3.63, 3.8) is 0 Å². The third-order valence-electron chi connectivity index (χ3n) is 2.04. The summed E-state index contributed by atoms with van der Waals surface area (Å²) in [5.41, 5.74) is 5.83. The van der Waals surface area contributed by atoms with Crippen LogP contribution >= 0.6 is 0 Å². The molecule has 2 rings (SSSR count). The molecule has 0 aliphatic rings. The molecule has 7 heteroatoms. The van der Waals surface area contributed by atoms with Gasteiger partial charge in [-0.1, -0.05) is 0 Å². The molecule has 0 aromatic carbocycles. The van der Waals surface area contributed by atoms with Gasteiger partial charge in [0.15, 0.2) is 5.82 Å². The first-order chi connectivity index (χ1) is 7.77. The topological polar surface area (TPSA) is 97.3 Å². The monoisotopic (exact) mass is 220 g/mol. The van der Waals surface area contributed by atoms with E-state index < -0.39 is 6.03 Å². The molecule has 0 unspecified atom stereocenters. The fourth-order valence-electron chi connectivity index (χ4n) is 1.36. The molecule has 0 fully saturated rings. The number of nitrogens with two attached hydrogens (primary N) is 1. The highest BCUT2D eigenvalue weighted by molar-refractivity contribution is 5.71. The van der Waals surface area contributed by atoms with Gasteiger partial charge in [0.25, 0.3) is 0 Å². The van der Waals surface area contributed by atoms with E-state index in [1.807, 2.05) is 6.07 Å². The minimum absolute atomic E-state index is 0.451. The lowest BCUT2D eigenvalue weighted by molar-refractivity contribution is 0.249. The summed E-state index contributed by atoms with van der Waals surface area (Å²) in [4.78, 5) is 14.6. The number of hydrogen-bond acceptors (Lipinski definition) is 4. The molecule has 4 N–H and O–H groups in total. The first kappa shape index (κ1) is 10.2. The maximum atomic E-state index is 10.4. The Morgan fingerprint density at radius 2 is 2.31 bits per heavy atom. The second-order valence-corrected chi connectivity index (χ2v) is 3.15. The van der Waals surface area contributed by atoms with Gasteiger partial charge in [0.05, 0.1) is 6.20 Å². The van der Waals surface area contributed by atoms with Crippen molar-refractivity contribution < 1.29 is 4.79 Å². The van der Waals surface area contributed by atoms with Crippen LogP contribution in [0.4, 0.5) is 10.6 Å². The third-order valence-corrected chi connectivity index (χ3v) is 2.04. The lowest BCUT2D eigenvalue weighted by Crippen LogP contribution is -2.33. The standard InChI is InChI=1S/C9H12N6O/c10-9(16)13-4-3-11-8-7-1-2-14-15(7)6-5-12-8/h1-2,5-6H,3-4H2,(H,11,12)(H3,10,13,16). The molecule has 84 valence electrons. The summed E-state index contributed by atoms with van der Waals surface area (Å²) in [6.07, 6.45) is 5.12. The third kappa shape index (κ3) is 2.19. The molecule has 0 aliphatic heterocycles. The van der Waals surface area contributed by atoms with E-state index in [0.29, 0.717) is 13.1 Å². The Kier molecular flexibility index (Phi) is 2.86. The van der Waals surface area contributed by atoms with E-state index in [1.165, 1.54) is 0 Å². The van der Waals surface area contributed by atoms with Gasteiger partial charge in [0.2, 0.25) is 0 Å². The summed E-state index contributed by atoms with van der Waals surface area (Å²) in [6, 6.07) is 1.33. The molecule has 0 saturated carbocycles. The van der Waals surface area contributed by atoms with Crippen LogP contribution in [-0.2, 0) is 0 Å². The van der Waals surface area contributed by atoms with Gasteiger partial charge < -0.3 is 16.4 Å². The minimum atomic E-state index is -0.530. The summed E-state index contributed by atoms with van der Waals surface area (Å²) in [6.45, 7) is 1.01. The number of carbonyl (C=O) groups is 1. The number of primary amides is 1. The van der Waals surface area contributed by atoms with Gasteiger partial charge in [-0.25, -0.2) is 14.3 Å². The molecule has 0 bridgehead atoms. The van der Waals surface area contributed by atoms with Crippen LogP contribution in [0.25, 0.3) is 5.52 Å². The lowest BCUT2D eigenvalue weighted by atomic mass is 10.4. The SMILES string of the molecule is NC(=O)NCCNc1nccn2nccc12. The van der Waals surface area contributed by atoms with E-state index in [0.717, 1.165) is 11.3 Å². The Bertz CT molecular complexity index is 493. The number of aromatic nitrogens is 3. The molecule has 16 heavy (non-hydrogen) atoms. The molecule has 0 spiro atoms. The Morgan fingerprint density at radius 1 is 1.44 bits per heavy atom. The highest BCUT2D eigenvalue weighted by atomic mass is 16.2. The van der Waals surface area contributed by atoms with E-state index in [4.69, 9.17) is 5.73 Å². The van der Waals surface area contributed by atoms with Gasteiger partial charge in [-0.3, -0.25) is 0 Å². The van der Waals surface area contributed by atoms with Crippen molar-refractivity contribution in [2.45, 2.75) is 0 Å². The van der Waals surface area contributed by atoms with Crippen LogP contribution in [0.3, 0.4) is 0 Å². The van der Waals surface area contributed by atoms with Crippen LogP contribution < -0.4 is 16.4 Å². The van der Waals surface area contributed by atoms with Crippen LogP contribution in [-0.4, -0.2) is 33.7 Å². The van der Waals surface area contributed by atoms with Crippen molar-refractivity contribution >= 4 is 17.4 Å². The van der Waals surface area contributed by atoms with E-state index in [2.05, 4.69) is 20.7 Å². The molecule has 0 radical (unpaired) electrons. The van der Waals surface area contributed by atoms with Gasteiger partial charge in [0.1, 0.15) is 5.52 Å². The number of anilines is 1. The summed E-state index contributed by atoms with van der Waals surface area (Å²) in [5.74, 6) is 0.728. The zero-order chi connectivity index (χ0) is 11.4. The number of urea groups is 1. The molecule has 2 aromatic heterocycles. The van der Waals surface area contributed by atoms with E-state index in [9.17, 15) is 4.79 Å². The normalized spacial score (nSPS) is 10.2. The van der Waals surface area contributed by atoms with Crippen LogP contribution in [0.1, 0.15) is 0 Å². The molecular weight excluding hydrogens is 208 g/mol. The Labute approximate surface area is 91.7 Å².